The third kappa shape index (κ3) is 3.88. The van der Waals surface area contributed by atoms with Crippen molar-refractivity contribution >= 4 is 38.9 Å². The second-order valence-corrected chi connectivity index (χ2v) is 8.35. The summed E-state index contributed by atoms with van der Waals surface area (Å²) in [6.07, 6.45) is 3.57. The first-order valence-corrected chi connectivity index (χ1v) is 10.5. The first kappa shape index (κ1) is 21.0. The van der Waals surface area contributed by atoms with Gasteiger partial charge in [0.15, 0.2) is 5.82 Å². The summed E-state index contributed by atoms with van der Waals surface area (Å²) in [7, 11) is -0.896. The van der Waals surface area contributed by atoms with Gasteiger partial charge in [0.2, 0.25) is 15.7 Å². The molecule has 3 rings (SSSR count). The molecule has 0 spiro atoms. The smallest absolute Gasteiger partial charge is 0.255 e. The van der Waals surface area contributed by atoms with Gasteiger partial charge in [-0.15, -0.1) is 0 Å². The number of nitrogens with zero attached hydrogens (tertiary/aromatic N) is 3. The number of benzene rings is 1. The quantitative estimate of drug-likeness (QED) is 0.625. The van der Waals surface area contributed by atoms with Crippen LogP contribution in [0.5, 0.6) is 0 Å². The maximum Gasteiger partial charge on any atom is 0.255 e. The number of pyridine rings is 1. The summed E-state index contributed by atoms with van der Waals surface area (Å²) in [6, 6.07) is 8.74. The zero-order valence-corrected chi connectivity index (χ0v) is 17.1. The number of furan rings is 1. The first-order chi connectivity index (χ1) is 14.2. The van der Waals surface area contributed by atoms with Gasteiger partial charge in [0.1, 0.15) is 11.6 Å². The third-order valence-electron chi connectivity index (χ3n) is 4.38. The van der Waals surface area contributed by atoms with Gasteiger partial charge in [-0.1, -0.05) is 0 Å². The van der Waals surface area contributed by atoms with Gasteiger partial charge < -0.3 is 9.73 Å². The Bertz CT molecular complexity index is 1310. The van der Waals surface area contributed by atoms with Crippen LogP contribution in [0.25, 0.3) is 28.5 Å². The lowest BCUT2D eigenvalue weighted by molar-refractivity contribution is 0.0964. The van der Waals surface area contributed by atoms with Crippen molar-refractivity contribution in [3.8, 4) is 17.4 Å². The number of hydrogen-bond acceptors (Lipinski definition) is 6. The molecule has 0 aliphatic rings. The fraction of sp³-hybridized carbons (Fsp3) is 0.150. The Balaban J connectivity index is 2.38. The molecule has 2 heterocycles. The number of hydrogen-bond donors (Lipinski definition) is 1. The van der Waals surface area contributed by atoms with Crippen molar-refractivity contribution in [2.24, 2.45) is 0 Å². The van der Waals surface area contributed by atoms with E-state index in [0.29, 0.717) is 16.5 Å². The number of nitriles is 1. The second-order valence-electron chi connectivity index (χ2n) is 6.34. The average Bonchev–Trinajstić information content (AvgIpc) is 3.08. The Labute approximate surface area is 172 Å². The Morgan fingerprint density at radius 2 is 2.00 bits per heavy atom. The summed E-state index contributed by atoms with van der Waals surface area (Å²) in [5, 5.41) is 11.7. The van der Waals surface area contributed by atoms with Crippen LogP contribution in [-0.4, -0.2) is 39.7 Å². The molecule has 0 radical (unpaired) electrons. The molecule has 30 heavy (non-hydrogen) atoms. The van der Waals surface area contributed by atoms with Crippen LogP contribution in [0.2, 0.25) is 0 Å². The number of sulfonamides is 1. The maximum absolute atomic E-state index is 13.3. The van der Waals surface area contributed by atoms with Crippen LogP contribution >= 0.6 is 0 Å². The molecule has 0 atom stereocenters. The summed E-state index contributed by atoms with van der Waals surface area (Å²) in [4.78, 5) is 16.9. The van der Waals surface area contributed by atoms with E-state index in [4.69, 9.17) is 9.68 Å². The highest BCUT2D eigenvalue weighted by atomic mass is 32.2. The van der Waals surface area contributed by atoms with Crippen LogP contribution in [0.4, 0.5) is 10.2 Å². The predicted molar refractivity (Wildman–Crippen MR) is 111 cm³/mol. The molecule has 0 aliphatic carbocycles. The summed E-state index contributed by atoms with van der Waals surface area (Å²) in [5.74, 6) is -0.727. The van der Waals surface area contributed by atoms with Gasteiger partial charge in [-0.05, 0) is 36.4 Å². The molecule has 0 saturated heterocycles. The van der Waals surface area contributed by atoms with Crippen molar-refractivity contribution in [3.63, 3.8) is 0 Å². The standard InChI is InChI=1S/C20H17FN4O4S/c1-23-19(26)16-15-11-13(5-4-10-22)18(25(2)30(3,27)28)24-20(15)29-17(16)12-6-8-14(21)9-7-12/h4-9,11H,1-3H3,(H,23,26)/b5-4+. The van der Waals surface area contributed by atoms with Crippen molar-refractivity contribution in [3.05, 3.63) is 53.4 Å². The van der Waals surface area contributed by atoms with Gasteiger partial charge in [-0.3, -0.25) is 9.10 Å². The number of nitrogens with one attached hydrogen (secondary N) is 1. The summed E-state index contributed by atoms with van der Waals surface area (Å²) >= 11 is 0. The van der Waals surface area contributed by atoms with Crippen LogP contribution in [-0.2, 0) is 10.0 Å². The van der Waals surface area contributed by atoms with Crippen LogP contribution in [0, 0.1) is 17.1 Å². The Hall–Kier alpha value is -3.71. The largest absolute Gasteiger partial charge is 0.437 e. The van der Waals surface area contributed by atoms with Gasteiger partial charge in [-0.2, -0.15) is 10.2 Å². The molecule has 8 nitrogen and oxygen atoms in total. The van der Waals surface area contributed by atoms with E-state index in [9.17, 15) is 17.6 Å². The Morgan fingerprint density at radius 1 is 1.33 bits per heavy atom. The fourth-order valence-corrected chi connectivity index (χ4v) is 3.30. The van der Waals surface area contributed by atoms with Gasteiger partial charge in [0.25, 0.3) is 5.91 Å². The maximum atomic E-state index is 13.3. The topological polar surface area (TPSA) is 116 Å². The molecule has 2 aromatic heterocycles. The number of halogens is 1. The molecule has 10 heteroatoms. The fourth-order valence-electron chi connectivity index (χ4n) is 2.84. The molecule has 0 saturated carbocycles. The Morgan fingerprint density at radius 3 is 2.57 bits per heavy atom. The van der Waals surface area contributed by atoms with E-state index in [-0.39, 0.29) is 22.9 Å². The molecular formula is C20H17FN4O4S. The molecule has 3 aromatic rings. The highest BCUT2D eigenvalue weighted by Crippen LogP contribution is 2.36. The summed E-state index contributed by atoms with van der Waals surface area (Å²) < 4.78 is 44.2. The SMILES string of the molecule is CNC(=O)c1c(-c2ccc(F)cc2)oc2nc(N(C)S(C)(=O)=O)c(/C=C/C#N)cc12. The summed E-state index contributed by atoms with van der Waals surface area (Å²) in [5.41, 5.74) is 0.924. The number of aromatic nitrogens is 1. The van der Waals surface area contributed by atoms with Gasteiger partial charge in [-0.25, -0.2) is 12.8 Å². The number of rotatable bonds is 5. The molecule has 1 aromatic carbocycles. The van der Waals surface area contributed by atoms with Crippen LogP contribution in [0.15, 0.2) is 40.8 Å². The highest BCUT2D eigenvalue weighted by molar-refractivity contribution is 7.92. The number of allylic oxidation sites excluding steroid dienone is 1. The van der Waals surface area contributed by atoms with Crippen LogP contribution < -0.4 is 9.62 Å². The Kier molecular flexibility index (Phi) is 5.58. The lowest BCUT2D eigenvalue weighted by Gasteiger charge is -2.17. The number of amides is 1. The predicted octanol–water partition coefficient (Wildman–Crippen LogP) is 2.93. The van der Waals surface area contributed by atoms with Crippen molar-refractivity contribution < 1.29 is 22.0 Å². The molecule has 0 fully saturated rings. The second kappa shape index (κ2) is 7.96. The molecule has 0 bridgehead atoms. The van der Waals surface area contributed by atoms with E-state index >= 15 is 0 Å². The van der Waals surface area contributed by atoms with E-state index in [1.165, 1.54) is 56.6 Å². The zero-order valence-electron chi connectivity index (χ0n) is 16.3. The number of carbonyl (C=O) groups excluding carboxylic acids is 1. The first-order valence-electron chi connectivity index (χ1n) is 8.63. The molecular weight excluding hydrogens is 411 g/mol. The minimum atomic E-state index is -3.66. The van der Waals surface area contributed by atoms with Crippen LogP contribution in [0.1, 0.15) is 15.9 Å². The van der Waals surface area contributed by atoms with Crippen molar-refractivity contribution in [1.29, 1.82) is 5.26 Å². The van der Waals surface area contributed by atoms with Gasteiger partial charge >= 0.3 is 0 Å². The molecule has 0 unspecified atom stereocenters. The molecule has 1 amide bonds. The van der Waals surface area contributed by atoms with E-state index in [1.54, 1.807) is 0 Å². The lowest BCUT2D eigenvalue weighted by atomic mass is 10.0. The van der Waals surface area contributed by atoms with E-state index in [1.807, 2.05) is 6.07 Å². The highest BCUT2D eigenvalue weighted by Gasteiger charge is 2.25. The zero-order chi connectivity index (χ0) is 22.1. The minimum absolute atomic E-state index is 0.0209. The molecule has 1 N–H and O–H groups in total. The average molecular weight is 428 g/mol. The number of carbonyl (C=O) groups is 1. The lowest BCUT2D eigenvalue weighted by Crippen LogP contribution is -2.26. The number of anilines is 1. The van der Waals surface area contributed by atoms with Gasteiger partial charge in [0, 0.05) is 31.3 Å². The summed E-state index contributed by atoms with van der Waals surface area (Å²) in [6.45, 7) is 0. The minimum Gasteiger partial charge on any atom is -0.437 e. The van der Waals surface area contributed by atoms with Crippen LogP contribution in [0.3, 0.4) is 0 Å². The van der Waals surface area contributed by atoms with Crippen molar-refractivity contribution in [2.75, 3.05) is 24.7 Å². The van der Waals surface area contributed by atoms with E-state index in [2.05, 4.69) is 10.3 Å². The van der Waals surface area contributed by atoms with Gasteiger partial charge in [0.05, 0.1) is 23.3 Å². The van der Waals surface area contributed by atoms with Crippen molar-refractivity contribution in [2.45, 2.75) is 0 Å². The van der Waals surface area contributed by atoms with E-state index < -0.39 is 21.7 Å². The molecule has 0 aliphatic heterocycles. The van der Waals surface area contributed by atoms with Crippen molar-refractivity contribution in [1.82, 2.24) is 10.3 Å². The normalized spacial score (nSPS) is 11.6. The third-order valence-corrected chi connectivity index (χ3v) is 5.55. The monoisotopic (exact) mass is 428 g/mol. The number of fused-ring (bicyclic) bond motifs is 1. The van der Waals surface area contributed by atoms with E-state index in [0.717, 1.165) is 10.6 Å². The molecule has 154 valence electrons.